The first-order valence-corrected chi connectivity index (χ1v) is 6.56. The van der Waals surface area contributed by atoms with Gasteiger partial charge in [-0.15, -0.1) is 0 Å². The van der Waals surface area contributed by atoms with E-state index < -0.39 is 0 Å². The molecule has 102 valence electrons. The van der Waals surface area contributed by atoms with E-state index in [0.717, 1.165) is 10.9 Å². The van der Waals surface area contributed by atoms with Gasteiger partial charge in [0.1, 0.15) is 11.9 Å². The molecule has 0 spiro atoms. The first kappa shape index (κ1) is 13.3. The molecule has 0 amide bonds. The standard InChI is InChI=1S/C16H9ClFN3/c17-11-1-6-15-14(7-11)16(10(8-19)9-20-15)21-13-4-2-12(18)3-5-13/h1-7,9H,(H,20,21). The fourth-order valence-corrected chi connectivity index (χ4v) is 2.23. The van der Waals surface area contributed by atoms with Crippen molar-refractivity contribution in [3.63, 3.8) is 0 Å². The minimum Gasteiger partial charge on any atom is -0.354 e. The summed E-state index contributed by atoms with van der Waals surface area (Å²) in [6.07, 6.45) is 1.50. The Morgan fingerprint density at radius 3 is 2.62 bits per heavy atom. The molecule has 0 atom stereocenters. The van der Waals surface area contributed by atoms with E-state index in [1.165, 1.54) is 18.3 Å². The van der Waals surface area contributed by atoms with E-state index in [4.69, 9.17) is 11.6 Å². The van der Waals surface area contributed by atoms with Gasteiger partial charge in [-0.1, -0.05) is 11.6 Å². The van der Waals surface area contributed by atoms with Crippen LogP contribution in [0.3, 0.4) is 0 Å². The number of nitriles is 1. The number of hydrogen-bond donors (Lipinski definition) is 1. The molecule has 0 fully saturated rings. The molecule has 3 rings (SSSR count). The summed E-state index contributed by atoms with van der Waals surface area (Å²) < 4.78 is 13.0. The molecule has 1 N–H and O–H groups in total. The third-order valence-corrected chi connectivity index (χ3v) is 3.30. The lowest BCUT2D eigenvalue weighted by atomic mass is 10.1. The van der Waals surface area contributed by atoms with E-state index in [9.17, 15) is 9.65 Å². The fraction of sp³-hybridized carbons (Fsp3) is 0. The van der Waals surface area contributed by atoms with Crippen LogP contribution in [0.25, 0.3) is 10.9 Å². The molecule has 0 aliphatic carbocycles. The third kappa shape index (κ3) is 2.64. The Morgan fingerprint density at radius 1 is 1.14 bits per heavy atom. The Balaban J connectivity index is 2.17. The lowest BCUT2D eigenvalue weighted by Crippen LogP contribution is -1.96. The molecule has 0 aliphatic rings. The van der Waals surface area contributed by atoms with Gasteiger partial charge in [-0.2, -0.15) is 5.26 Å². The van der Waals surface area contributed by atoms with Crippen molar-refractivity contribution in [1.29, 1.82) is 5.26 Å². The Bertz CT molecular complexity index is 854. The number of aromatic nitrogens is 1. The van der Waals surface area contributed by atoms with E-state index in [1.54, 1.807) is 30.3 Å². The van der Waals surface area contributed by atoms with Gasteiger partial charge in [0.2, 0.25) is 0 Å². The van der Waals surface area contributed by atoms with E-state index in [2.05, 4.69) is 16.4 Å². The van der Waals surface area contributed by atoms with Crippen LogP contribution in [0, 0.1) is 17.1 Å². The van der Waals surface area contributed by atoms with Crippen LogP contribution in [0.1, 0.15) is 5.56 Å². The smallest absolute Gasteiger partial charge is 0.123 e. The molecule has 0 bridgehead atoms. The number of nitrogens with zero attached hydrogens (tertiary/aromatic N) is 2. The average molecular weight is 298 g/mol. The van der Waals surface area contributed by atoms with Crippen LogP contribution in [0.15, 0.2) is 48.7 Å². The highest BCUT2D eigenvalue weighted by atomic mass is 35.5. The maximum Gasteiger partial charge on any atom is 0.123 e. The molecule has 0 saturated heterocycles. The number of pyridine rings is 1. The van der Waals surface area contributed by atoms with Crippen molar-refractivity contribution in [2.24, 2.45) is 0 Å². The van der Waals surface area contributed by atoms with Crippen LogP contribution < -0.4 is 5.32 Å². The SMILES string of the molecule is N#Cc1cnc2ccc(Cl)cc2c1Nc1ccc(F)cc1. The summed E-state index contributed by atoms with van der Waals surface area (Å²) in [6, 6.07) is 13.3. The molecule has 0 saturated carbocycles. The molecule has 5 heteroatoms. The second kappa shape index (κ2) is 5.39. The van der Waals surface area contributed by atoms with Gasteiger partial charge < -0.3 is 5.32 Å². The van der Waals surface area contributed by atoms with Gasteiger partial charge in [0.15, 0.2) is 0 Å². The van der Waals surface area contributed by atoms with Gasteiger partial charge in [-0.05, 0) is 42.5 Å². The average Bonchev–Trinajstić information content (AvgIpc) is 2.50. The lowest BCUT2D eigenvalue weighted by Gasteiger charge is -2.11. The van der Waals surface area contributed by atoms with Crippen molar-refractivity contribution >= 4 is 33.9 Å². The Morgan fingerprint density at radius 2 is 1.90 bits per heavy atom. The van der Waals surface area contributed by atoms with Gasteiger partial charge in [-0.25, -0.2) is 4.39 Å². The van der Waals surface area contributed by atoms with E-state index >= 15 is 0 Å². The van der Waals surface area contributed by atoms with Gasteiger partial charge in [0.25, 0.3) is 0 Å². The molecular formula is C16H9ClFN3. The van der Waals surface area contributed by atoms with E-state index in [1.807, 2.05) is 0 Å². The molecule has 21 heavy (non-hydrogen) atoms. The van der Waals surface area contributed by atoms with Crippen molar-refractivity contribution in [2.75, 3.05) is 5.32 Å². The first-order chi connectivity index (χ1) is 10.2. The second-order valence-corrected chi connectivity index (χ2v) is 4.89. The molecule has 1 heterocycles. The van der Waals surface area contributed by atoms with E-state index in [-0.39, 0.29) is 5.82 Å². The largest absolute Gasteiger partial charge is 0.354 e. The normalized spacial score (nSPS) is 10.3. The predicted molar refractivity (Wildman–Crippen MR) is 81.2 cm³/mol. The van der Waals surface area contributed by atoms with Crippen molar-refractivity contribution in [3.05, 3.63) is 65.1 Å². The highest BCUT2D eigenvalue weighted by Gasteiger charge is 2.10. The minimum absolute atomic E-state index is 0.316. The summed E-state index contributed by atoms with van der Waals surface area (Å²) in [5.74, 6) is -0.316. The van der Waals surface area contributed by atoms with Crippen LogP contribution in [-0.2, 0) is 0 Å². The summed E-state index contributed by atoms with van der Waals surface area (Å²) in [5.41, 5.74) is 2.41. The molecular weight excluding hydrogens is 289 g/mol. The van der Waals surface area contributed by atoms with Crippen LogP contribution in [-0.4, -0.2) is 4.98 Å². The zero-order chi connectivity index (χ0) is 14.8. The van der Waals surface area contributed by atoms with Crippen LogP contribution in [0.2, 0.25) is 5.02 Å². The molecule has 0 aliphatic heterocycles. The van der Waals surface area contributed by atoms with Gasteiger partial charge >= 0.3 is 0 Å². The maximum atomic E-state index is 13.0. The van der Waals surface area contributed by atoms with Crippen molar-refractivity contribution in [1.82, 2.24) is 4.98 Å². The first-order valence-electron chi connectivity index (χ1n) is 6.18. The zero-order valence-corrected chi connectivity index (χ0v) is 11.5. The predicted octanol–water partition coefficient (Wildman–Crippen LogP) is 4.64. The number of benzene rings is 2. The third-order valence-electron chi connectivity index (χ3n) is 3.06. The monoisotopic (exact) mass is 297 g/mol. The summed E-state index contributed by atoms with van der Waals surface area (Å²) in [6.45, 7) is 0. The van der Waals surface area contributed by atoms with E-state index in [0.29, 0.717) is 22.0 Å². The lowest BCUT2D eigenvalue weighted by molar-refractivity contribution is 0.628. The summed E-state index contributed by atoms with van der Waals surface area (Å²) >= 11 is 6.02. The fourth-order valence-electron chi connectivity index (χ4n) is 2.06. The Labute approximate surface area is 125 Å². The van der Waals surface area contributed by atoms with Crippen molar-refractivity contribution in [3.8, 4) is 6.07 Å². The number of hydrogen-bond acceptors (Lipinski definition) is 3. The molecule has 0 radical (unpaired) electrons. The highest BCUT2D eigenvalue weighted by Crippen LogP contribution is 2.30. The minimum atomic E-state index is -0.316. The number of anilines is 2. The molecule has 0 unspecified atom stereocenters. The Hall–Kier alpha value is -2.64. The Kier molecular flexibility index (Phi) is 3.43. The zero-order valence-electron chi connectivity index (χ0n) is 10.8. The van der Waals surface area contributed by atoms with Crippen LogP contribution >= 0.6 is 11.6 Å². The number of nitrogens with one attached hydrogen (secondary N) is 1. The van der Waals surface area contributed by atoms with Crippen molar-refractivity contribution in [2.45, 2.75) is 0 Å². The molecule has 2 aromatic carbocycles. The number of halogens is 2. The summed E-state index contributed by atoms with van der Waals surface area (Å²) in [7, 11) is 0. The highest BCUT2D eigenvalue weighted by molar-refractivity contribution is 6.31. The second-order valence-electron chi connectivity index (χ2n) is 4.45. The number of fused-ring (bicyclic) bond motifs is 1. The van der Waals surface area contributed by atoms with Crippen LogP contribution in [0.4, 0.5) is 15.8 Å². The summed E-state index contributed by atoms with van der Waals surface area (Å²) in [4.78, 5) is 4.23. The van der Waals surface area contributed by atoms with Gasteiger partial charge in [0.05, 0.1) is 16.8 Å². The molecule has 3 aromatic rings. The molecule has 1 aromatic heterocycles. The van der Waals surface area contributed by atoms with Gasteiger partial charge in [0, 0.05) is 22.3 Å². The summed E-state index contributed by atoms with van der Waals surface area (Å²) in [5, 5.41) is 13.7. The van der Waals surface area contributed by atoms with Gasteiger partial charge in [-0.3, -0.25) is 4.98 Å². The van der Waals surface area contributed by atoms with Crippen molar-refractivity contribution < 1.29 is 4.39 Å². The molecule has 3 nitrogen and oxygen atoms in total. The quantitative estimate of drug-likeness (QED) is 0.749. The maximum absolute atomic E-state index is 13.0. The number of rotatable bonds is 2. The topological polar surface area (TPSA) is 48.7 Å². The van der Waals surface area contributed by atoms with Crippen LogP contribution in [0.5, 0.6) is 0 Å².